The van der Waals surface area contributed by atoms with E-state index in [-0.39, 0.29) is 0 Å². The van der Waals surface area contributed by atoms with Crippen molar-refractivity contribution in [2.24, 2.45) is 5.73 Å². The number of primary amides is 1. The third-order valence-corrected chi connectivity index (χ3v) is 4.64. The maximum atomic E-state index is 11.5. The Labute approximate surface area is 136 Å². The lowest BCUT2D eigenvalue weighted by Crippen LogP contribution is -2.34. The van der Waals surface area contributed by atoms with Crippen molar-refractivity contribution in [2.75, 3.05) is 33.4 Å². The van der Waals surface area contributed by atoms with Crippen LogP contribution < -0.4 is 5.73 Å². The molecule has 1 amide bonds. The fourth-order valence-electron chi connectivity index (χ4n) is 3.35. The van der Waals surface area contributed by atoms with Crippen LogP contribution in [-0.4, -0.2) is 44.2 Å². The highest BCUT2D eigenvalue weighted by atomic mass is 16.5. The molecule has 0 aliphatic carbocycles. The summed E-state index contributed by atoms with van der Waals surface area (Å²) in [5.41, 5.74) is 6.51. The van der Waals surface area contributed by atoms with Crippen LogP contribution in [0.15, 0.2) is 28.7 Å². The Morgan fingerprint density at radius 2 is 2.17 bits per heavy atom. The van der Waals surface area contributed by atoms with Gasteiger partial charge in [-0.2, -0.15) is 0 Å². The summed E-state index contributed by atoms with van der Waals surface area (Å²) in [6.45, 7) is 4.06. The molecule has 1 aromatic heterocycles. The molecule has 2 heterocycles. The fourth-order valence-corrected chi connectivity index (χ4v) is 3.35. The van der Waals surface area contributed by atoms with E-state index in [1.807, 2.05) is 12.1 Å². The second kappa shape index (κ2) is 7.15. The molecule has 1 aromatic carbocycles. The number of rotatable bonds is 6. The van der Waals surface area contributed by atoms with Crippen molar-refractivity contribution in [1.29, 1.82) is 0 Å². The van der Waals surface area contributed by atoms with Gasteiger partial charge in [-0.25, -0.2) is 0 Å². The van der Waals surface area contributed by atoms with Crippen molar-refractivity contribution in [1.82, 2.24) is 4.90 Å². The summed E-state index contributed by atoms with van der Waals surface area (Å²) in [6, 6.07) is 7.60. The first kappa shape index (κ1) is 16.0. The zero-order valence-corrected chi connectivity index (χ0v) is 13.6. The van der Waals surface area contributed by atoms with E-state index >= 15 is 0 Å². The molecule has 5 heteroatoms. The van der Waals surface area contributed by atoms with Gasteiger partial charge in [-0.15, -0.1) is 0 Å². The number of methoxy groups -OCH3 is 1. The molecule has 0 bridgehead atoms. The number of benzene rings is 1. The number of hydrogen-bond donors (Lipinski definition) is 1. The van der Waals surface area contributed by atoms with Crippen LogP contribution in [0.1, 0.15) is 41.3 Å². The van der Waals surface area contributed by atoms with E-state index < -0.39 is 5.91 Å². The first-order chi connectivity index (χ1) is 11.2. The highest BCUT2D eigenvalue weighted by Gasteiger charge is 2.24. The van der Waals surface area contributed by atoms with Gasteiger partial charge in [0.05, 0.1) is 5.56 Å². The summed E-state index contributed by atoms with van der Waals surface area (Å²) in [4.78, 5) is 14.0. The standard InChI is InChI=1S/C18H24N2O3/c1-22-11-3-8-20-9-6-13(7-10-20)16-12-14-4-2-5-15(18(19)21)17(14)23-16/h2,4-5,12-13H,3,6-11H2,1H3,(H2,19,21). The molecule has 5 nitrogen and oxygen atoms in total. The van der Waals surface area contributed by atoms with Gasteiger partial charge in [0.25, 0.3) is 5.91 Å². The molecule has 0 atom stereocenters. The summed E-state index contributed by atoms with van der Waals surface area (Å²) < 4.78 is 11.1. The highest BCUT2D eigenvalue weighted by molar-refractivity contribution is 6.04. The van der Waals surface area contributed by atoms with Gasteiger partial charge in [-0.05, 0) is 44.5 Å². The number of fused-ring (bicyclic) bond motifs is 1. The van der Waals surface area contributed by atoms with Gasteiger partial charge in [0.1, 0.15) is 11.3 Å². The minimum absolute atomic E-state index is 0.418. The van der Waals surface area contributed by atoms with Crippen LogP contribution in [0.25, 0.3) is 11.0 Å². The average molecular weight is 316 g/mol. The number of carbonyl (C=O) groups excluding carboxylic acids is 1. The number of likely N-dealkylation sites (tertiary alicyclic amines) is 1. The Kier molecular flexibility index (Phi) is 4.98. The second-order valence-corrected chi connectivity index (χ2v) is 6.20. The normalized spacial score (nSPS) is 16.9. The van der Waals surface area contributed by atoms with Crippen molar-refractivity contribution in [3.05, 3.63) is 35.6 Å². The molecule has 124 valence electrons. The van der Waals surface area contributed by atoms with Gasteiger partial charge in [0.15, 0.2) is 0 Å². The number of amides is 1. The van der Waals surface area contributed by atoms with Crippen LogP contribution in [0.3, 0.4) is 0 Å². The highest BCUT2D eigenvalue weighted by Crippen LogP contribution is 2.33. The summed E-state index contributed by atoms with van der Waals surface area (Å²) in [6.07, 6.45) is 3.24. The summed E-state index contributed by atoms with van der Waals surface area (Å²) in [5, 5.41) is 0.957. The van der Waals surface area contributed by atoms with Crippen molar-refractivity contribution >= 4 is 16.9 Å². The van der Waals surface area contributed by atoms with Gasteiger partial charge in [-0.1, -0.05) is 12.1 Å². The monoisotopic (exact) mass is 316 g/mol. The predicted molar refractivity (Wildman–Crippen MR) is 89.6 cm³/mol. The first-order valence-electron chi connectivity index (χ1n) is 8.22. The lowest BCUT2D eigenvalue weighted by molar-refractivity contribution is 0.100. The molecule has 23 heavy (non-hydrogen) atoms. The van der Waals surface area contributed by atoms with Crippen molar-refractivity contribution in [3.8, 4) is 0 Å². The number of hydrogen-bond acceptors (Lipinski definition) is 4. The van der Waals surface area contributed by atoms with E-state index in [9.17, 15) is 4.79 Å². The molecule has 3 rings (SSSR count). The van der Waals surface area contributed by atoms with E-state index in [1.54, 1.807) is 13.2 Å². The number of piperidine rings is 1. The third-order valence-electron chi connectivity index (χ3n) is 4.64. The quantitative estimate of drug-likeness (QED) is 0.832. The van der Waals surface area contributed by atoms with Gasteiger partial charge in [0, 0.05) is 31.6 Å². The molecule has 0 unspecified atom stereocenters. The zero-order chi connectivity index (χ0) is 16.2. The van der Waals surface area contributed by atoms with E-state index in [0.29, 0.717) is 17.1 Å². The summed E-state index contributed by atoms with van der Waals surface area (Å²) in [5.74, 6) is 0.955. The number of para-hydroxylation sites is 1. The van der Waals surface area contributed by atoms with E-state index in [2.05, 4.69) is 11.0 Å². The smallest absolute Gasteiger partial charge is 0.252 e. The third kappa shape index (κ3) is 3.57. The van der Waals surface area contributed by atoms with Crippen LogP contribution in [0, 0.1) is 0 Å². The van der Waals surface area contributed by atoms with Gasteiger partial charge in [-0.3, -0.25) is 4.79 Å². The Hall–Kier alpha value is -1.85. The topological polar surface area (TPSA) is 68.7 Å². The molecule has 1 saturated heterocycles. The number of nitrogens with zero attached hydrogens (tertiary/aromatic N) is 1. The van der Waals surface area contributed by atoms with Gasteiger partial charge >= 0.3 is 0 Å². The van der Waals surface area contributed by atoms with E-state index in [1.165, 1.54) is 0 Å². The Bertz CT molecular complexity index is 672. The SMILES string of the molecule is COCCCN1CCC(c2cc3cccc(C(N)=O)c3o2)CC1. The number of furan rings is 1. The number of ether oxygens (including phenoxy) is 1. The maximum Gasteiger partial charge on any atom is 0.252 e. The number of nitrogens with two attached hydrogens (primary N) is 1. The Balaban J connectivity index is 1.68. The molecule has 0 saturated carbocycles. The average Bonchev–Trinajstić information content (AvgIpc) is 2.99. The van der Waals surface area contributed by atoms with Crippen LogP contribution in [0.2, 0.25) is 0 Å². The van der Waals surface area contributed by atoms with Crippen molar-refractivity contribution in [2.45, 2.75) is 25.2 Å². The van der Waals surface area contributed by atoms with Crippen LogP contribution in [0.4, 0.5) is 0 Å². The fraction of sp³-hybridized carbons (Fsp3) is 0.500. The summed E-state index contributed by atoms with van der Waals surface area (Å²) >= 11 is 0. The molecule has 1 aliphatic rings. The van der Waals surface area contributed by atoms with E-state index in [4.69, 9.17) is 14.9 Å². The van der Waals surface area contributed by atoms with Crippen LogP contribution >= 0.6 is 0 Å². The lowest BCUT2D eigenvalue weighted by Gasteiger charge is -2.30. The molecule has 0 radical (unpaired) electrons. The summed E-state index contributed by atoms with van der Waals surface area (Å²) in [7, 11) is 1.74. The van der Waals surface area contributed by atoms with Gasteiger partial charge in [0.2, 0.25) is 0 Å². The largest absolute Gasteiger partial charge is 0.460 e. The number of carbonyl (C=O) groups is 1. The molecular formula is C18H24N2O3. The molecule has 2 aromatic rings. The minimum atomic E-state index is -0.440. The lowest BCUT2D eigenvalue weighted by atomic mass is 9.94. The second-order valence-electron chi connectivity index (χ2n) is 6.20. The minimum Gasteiger partial charge on any atom is -0.460 e. The van der Waals surface area contributed by atoms with Crippen molar-refractivity contribution < 1.29 is 13.9 Å². The molecule has 1 fully saturated rings. The maximum absolute atomic E-state index is 11.5. The zero-order valence-electron chi connectivity index (χ0n) is 13.6. The van der Waals surface area contributed by atoms with E-state index in [0.717, 1.165) is 56.7 Å². The first-order valence-corrected chi connectivity index (χ1v) is 8.22. The van der Waals surface area contributed by atoms with Crippen molar-refractivity contribution in [3.63, 3.8) is 0 Å². The molecule has 0 spiro atoms. The predicted octanol–water partition coefficient (Wildman–Crippen LogP) is 2.75. The van der Waals surface area contributed by atoms with Crippen LogP contribution in [-0.2, 0) is 4.74 Å². The Morgan fingerprint density at radius 1 is 1.39 bits per heavy atom. The van der Waals surface area contributed by atoms with Crippen LogP contribution in [0.5, 0.6) is 0 Å². The molecule has 1 aliphatic heterocycles. The van der Waals surface area contributed by atoms with Gasteiger partial charge < -0.3 is 19.8 Å². The molecular weight excluding hydrogens is 292 g/mol. The Morgan fingerprint density at radius 3 is 2.87 bits per heavy atom. The molecule has 2 N–H and O–H groups in total.